The summed E-state index contributed by atoms with van der Waals surface area (Å²) >= 11 is 0. The third kappa shape index (κ3) is 3.12. The Bertz CT molecular complexity index is 897. The number of hydrogen-bond donors (Lipinski definition) is 2. The molecule has 2 fully saturated rings. The van der Waals surface area contributed by atoms with E-state index in [4.69, 9.17) is 0 Å². The standard InChI is InChI=1S/C20H23FN4O3/c1-24-10-14(9-22-24)17(13-4-6-16(21)7-5-13)23-19(28)25-11-15-3-2-8-20(15,12-25)18(26)27/h4-7,9-10,15,17H,2-3,8,11-12H2,1H3,(H,23,28)(H,26,27)/t15-,17?,20+/m0/s1. The van der Waals surface area contributed by atoms with Crippen molar-refractivity contribution < 1.29 is 19.1 Å². The van der Waals surface area contributed by atoms with Gasteiger partial charge in [-0.05, 0) is 36.5 Å². The number of hydrogen-bond acceptors (Lipinski definition) is 3. The second-order valence-corrected chi connectivity index (χ2v) is 7.81. The Morgan fingerprint density at radius 1 is 1.32 bits per heavy atom. The van der Waals surface area contributed by atoms with Gasteiger partial charge in [0, 0.05) is 31.9 Å². The van der Waals surface area contributed by atoms with Crippen molar-refractivity contribution in [3.8, 4) is 0 Å². The van der Waals surface area contributed by atoms with Gasteiger partial charge in [0.25, 0.3) is 0 Å². The summed E-state index contributed by atoms with van der Waals surface area (Å²) in [4.78, 5) is 26.5. The minimum absolute atomic E-state index is 0.00147. The first-order chi connectivity index (χ1) is 13.4. The largest absolute Gasteiger partial charge is 0.481 e. The van der Waals surface area contributed by atoms with E-state index in [-0.39, 0.29) is 24.3 Å². The summed E-state index contributed by atoms with van der Waals surface area (Å²) in [6.07, 6.45) is 5.79. The van der Waals surface area contributed by atoms with Gasteiger partial charge in [-0.15, -0.1) is 0 Å². The maximum Gasteiger partial charge on any atom is 0.318 e. The van der Waals surface area contributed by atoms with Gasteiger partial charge in [0.1, 0.15) is 5.82 Å². The zero-order chi connectivity index (χ0) is 19.9. The fourth-order valence-electron chi connectivity index (χ4n) is 4.61. The van der Waals surface area contributed by atoms with E-state index in [1.807, 2.05) is 0 Å². The molecule has 1 aliphatic heterocycles. The normalized spacial score (nSPS) is 24.8. The van der Waals surface area contributed by atoms with E-state index in [0.717, 1.165) is 24.0 Å². The Labute approximate surface area is 162 Å². The van der Waals surface area contributed by atoms with Crippen LogP contribution in [0.15, 0.2) is 36.7 Å². The molecule has 3 atom stereocenters. The minimum Gasteiger partial charge on any atom is -0.481 e. The molecule has 1 unspecified atom stereocenters. The van der Waals surface area contributed by atoms with Crippen LogP contribution in [0, 0.1) is 17.2 Å². The van der Waals surface area contributed by atoms with Crippen molar-refractivity contribution in [1.29, 1.82) is 0 Å². The van der Waals surface area contributed by atoms with Gasteiger partial charge in [-0.25, -0.2) is 9.18 Å². The molecule has 2 N–H and O–H groups in total. The molecule has 1 aromatic heterocycles. The van der Waals surface area contributed by atoms with E-state index in [0.29, 0.717) is 13.0 Å². The smallest absolute Gasteiger partial charge is 0.318 e. The fourth-order valence-corrected chi connectivity index (χ4v) is 4.61. The molecular formula is C20H23FN4O3. The van der Waals surface area contributed by atoms with Crippen molar-refractivity contribution in [2.24, 2.45) is 18.4 Å². The van der Waals surface area contributed by atoms with E-state index >= 15 is 0 Å². The Balaban J connectivity index is 1.56. The molecule has 0 radical (unpaired) electrons. The first-order valence-corrected chi connectivity index (χ1v) is 9.42. The number of nitrogens with one attached hydrogen (secondary N) is 1. The second kappa shape index (κ2) is 6.92. The molecule has 8 heteroatoms. The van der Waals surface area contributed by atoms with Crippen LogP contribution in [0.5, 0.6) is 0 Å². The van der Waals surface area contributed by atoms with E-state index < -0.39 is 17.4 Å². The molecule has 148 valence electrons. The van der Waals surface area contributed by atoms with Gasteiger partial charge >= 0.3 is 12.0 Å². The molecule has 28 heavy (non-hydrogen) atoms. The van der Waals surface area contributed by atoms with Crippen molar-refractivity contribution in [2.75, 3.05) is 13.1 Å². The first kappa shape index (κ1) is 18.5. The molecule has 4 rings (SSSR count). The molecule has 0 bridgehead atoms. The monoisotopic (exact) mass is 386 g/mol. The maximum absolute atomic E-state index is 13.3. The van der Waals surface area contributed by atoms with Gasteiger partial charge in [-0.3, -0.25) is 9.48 Å². The predicted molar refractivity (Wildman–Crippen MR) is 99.0 cm³/mol. The van der Waals surface area contributed by atoms with Crippen molar-refractivity contribution in [3.63, 3.8) is 0 Å². The molecule has 1 aromatic carbocycles. The minimum atomic E-state index is -0.822. The van der Waals surface area contributed by atoms with Crippen LogP contribution in [0.3, 0.4) is 0 Å². The summed E-state index contributed by atoms with van der Waals surface area (Å²) in [5.74, 6) is -1.16. The summed E-state index contributed by atoms with van der Waals surface area (Å²) in [6.45, 7) is 0.670. The quantitative estimate of drug-likeness (QED) is 0.845. The number of carbonyl (C=O) groups excluding carboxylic acids is 1. The third-order valence-corrected chi connectivity index (χ3v) is 6.11. The molecule has 2 aliphatic rings. The lowest BCUT2D eigenvalue weighted by molar-refractivity contribution is -0.149. The number of likely N-dealkylation sites (tertiary alicyclic amines) is 1. The number of amides is 2. The van der Waals surface area contributed by atoms with Gasteiger partial charge in [-0.2, -0.15) is 5.10 Å². The van der Waals surface area contributed by atoms with Crippen molar-refractivity contribution in [1.82, 2.24) is 20.0 Å². The Morgan fingerprint density at radius 2 is 2.07 bits per heavy atom. The summed E-state index contributed by atoms with van der Waals surface area (Å²) < 4.78 is 15.0. The molecule has 2 aromatic rings. The summed E-state index contributed by atoms with van der Waals surface area (Å²) in [7, 11) is 1.78. The van der Waals surface area contributed by atoms with Crippen LogP contribution in [-0.4, -0.2) is 44.9 Å². The van der Waals surface area contributed by atoms with E-state index in [1.165, 1.54) is 12.1 Å². The van der Waals surface area contributed by atoms with Gasteiger partial charge in [0.05, 0.1) is 17.7 Å². The highest BCUT2D eigenvalue weighted by molar-refractivity contribution is 5.81. The molecular weight excluding hydrogens is 363 g/mol. The Kier molecular flexibility index (Phi) is 4.56. The van der Waals surface area contributed by atoms with Gasteiger partial charge in [0.15, 0.2) is 0 Å². The average molecular weight is 386 g/mol. The Morgan fingerprint density at radius 3 is 2.68 bits per heavy atom. The van der Waals surface area contributed by atoms with Crippen LogP contribution in [0.1, 0.15) is 36.4 Å². The van der Waals surface area contributed by atoms with Crippen LogP contribution in [-0.2, 0) is 11.8 Å². The van der Waals surface area contributed by atoms with Gasteiger partial charge in [0.2, 0.25) is 0 Å². The van der Waals surface area contributed by atoms with Gasteiger partial charge in [-0.1, -0.05) is 18.6 Å². The topological polar surface area (TPSA) is 87.5 Å². The number of carboxylic acids is 1. The van der Waals surface area contributed by atoms with Crippen molar-refractivity contribution in [2.45, 2.75) is 25.3 Å². The number of fused-ring (bicyclic) bond motifs is 1. The number of aryl methyl sites for hydroxylation is 1. The summed E-state index contributed by atoms with van der Waals surface area (Å²) in [6, 6.07) is 5.15. The lowest BCUT2D eigenvalue weighted by Crippen LogP contribution is -2.43. The molecule has 2 heterocycles. The lowest BCUT2D eigenvalue weighted by atomic mass is 9.81. The molecule has 1 saturated carbocycles. The van der Waals surface area contributed by atoms with E-state index in [2.05, 4.69) is 10.4 Å². The van der Waals surface area contributed by atoms with Crippen molar-refractivity contribution >= 4 is 12.0 Å². The van der Waals surface area contributed by atoms with E-state index in [9.17, 15) is 19.1 Å². The molecule has 1 saturated heterocycles. The number of urea groups is 1. The zero-order valence-corrected chi connectivity index (χ0v) is 15.6. The number of carbonyl (C=O) groups is 2. The number of aromatic nitrogens is 2. The van der Waals surface area contributed by atoms with Crippen LogP contribution >= 0.6 is 0 Å². The second-order valence-electron chi connectivity index (χ2n) is 7.81. The number of nitrogens with zero attached hydrogens (tertiary/aromatic N) is 3. The molecule has 1 aliphatic carbocycles. The van der Waals surface area contributed by atoms with Crippen LogP contribution in [0.25, 0.3) is 0 Å². The number of carboxylic acid groups (broad SMARTS) is 1. The number of halogens is 1. The van der Waals surface area contributed by atoms with Crippen LogP contribution in [0.2, 0.25) is 0 Å². The van der Waals surface area contributed by atoms with Crippen LogP contribution < -0.4 is 5.32 Å². The number of rotatable bonds is 4. The first-order valence-electron chi connectivity index (χ1n) is 9.42. The average Bonchev–Trinajstić information content (AvgIpc) is 3.34. The predicted octanol–water partition coefficient (Wildman–Crippen LogP) is 2.54. The zero-order valence-electron chi connectivity index (χ0n) is 15.6. The van der Waals surface area contributed by atoms with E-state index in [1.54, 1.807) is 41.2 Å². The highest BCUT2D eigenvalue weighted by Crippen LogP contribution is 2.48. The fraction of sp³-hybridized carbons (Fsp3) is 0.450. The third-order valence-electron chi connectivity index (χ3n) is 6.11. The highest BCUT2D eigenvalue weighted by atomic mass is 19.1. The van der Waals surface area contributed by atoms with Crippen LogP contribution in [0.4, 0.5) is 9.18 Å². The number of benzene rings is 1. The SMILES string of the molecule is Cn1cc(C(NC(=O)N2C[C@@H]3CCC[C@@]3(C(=O)O)C2)c2ccc(F)cc2)cn1. The summed E-state index contributed by atoms with van der Waals surface area (Å²) in [5.41, 5.74) is 0.682. The maximum atomic E-state index is 13.3. The Hall–Kier alpha value is -2.90. The highest BCUT2D eigenvalue weighted by Gasteiger charge is 2.55. The lowest BCUT2D eigenvalue weighted by Gasteiger charge is -2.25. The molecule has 7 nitrogen and oxygen atoms in total. The molecule has 0 spiro atoms. The van der Waals surface area contributed by atoms with Crippen molar-refractivity contribution in [3.05, 3.63) is 53.6 Å². The number of aliphatic carboxylic acids is 1. The van der Waals surface area contributed by atoms with Gasteiger partial charge < -0.3 is 15.3 Å². The molecule has 2 amide bonds. The summed E-state index contributed by atoms with van der Waals surface area (Å²) in [5, 5.41) is 16.9.